The summed E-state index contributed by atoms with van der Waals surface area (Å²) in [4.78, 5) is 6.38. The van der Waals surface area contributed by atoms with E-state index in [1.54, 1.807) is 0 Å². The molecule has 0 radical (unpaired) electrons. The van der Waals surface area contributed by atoms with Crippen molar-refractivity contribution in [3.8, 4) is 5.88 Å². The van der Waals surface area contributed by atoms with Gasteiger partial charge in [-0.25, -0.2) is 4.98 Å². The maximum Gasteiger partial charge on any atom is 0.434 e. The molecule has 0 aromatic carbocycles. The fourth-order valence-corrected chi connectivity index (χ4v) is 0.858. The molecule has 0 saturated heterocycles. The number of rotatable bonds is 2. The first-order valence-electron chi connectivity index (χ1n) is 3.98. The molecule has 0 saturated carbocycles. The maximum absolute atomic E-state index is 12.1. The lowest BCUT2D eigenvalue weighted by atomic mass is 10.3. The average Bonchev–Trinajstić information content (AvgIpc) is 2.12. The molecule has 1 rings (SSSR count). The van der Waals surface area contributed by atoms with Crippen LogP contribution in [0.15, 0.2) is 12.5 Å². The number of nitrogen functional groups attached to an aromatic ring is 1. The van der Waals surface area contributed by atoms with Crippen molar-refractivity contribution in [2.45, 2.75) is 18.5 Å². The fraction of sp³-hybridized carbons (Fsp3) is 0.429. The second kappa shape index (κ2) is 4.26. The van der Waals surface area contributed by atoms with Gasteiger partial charge in [-0.2, -0.15) is 31.3 Å². The molecule has 96 valence electrons. The van der Waals surface area contributed by atoms with Gasteiger partial charge in [0, 0.05) is 0 Å². The molecule has 4 nitrogen and oxygen atoms in total. The van der Waals surface area contributed by atoms with Gasteiger partial charge in [-0.3, -0.25) is 0 Å². The van der Waals surface area contributed by atoms with Gasteiger partial charge in [0.15, 0.2) is 0 Å². The molecule has 0 aliphatic rings. The van der Waals surface area contributed by atoms with Crippen LogP contribution in [0.3, 0.4) is 0 Å². The molecule has 2 N–H and O–H groups in total. The van der Waals surface area contributed by atoms with Crippen LogP contribution in [0.2, 0.25) is 0 Å². The first-order chi connectivity index (χ1) is 7.62. The van der Waals surface area contributed by atoms with E-state index in [0.29, 0.717) is 0 Å². The minimum absolute atomic E-state index is 0.522. The third kappa shape index (κ3) is 3.36. The first kappa shape index (κ1) is 13.3. The van der Waals surface area contributed by atoms with Gasteiger partial charge in [0.05, 0.1) is 6.20 Å². The zero-order valence-corrected chi connectivity index (χ0v) is 7.88. The average molecular weight is 261 g/mol. The van der Waals surface area contributed by atoms with Crippen molar-refractivity contribution < 1.29 is 31.1 Å². The highest BCUT2D eigenvalue weighted by molar-refractivity contribution is 5.44. The molecule has 0 atom stereocenters. The summed E-state index contributed by atoms with van der Waals surface area (Å²) in [5.74, 6) is -0.973. The minimum atomic E-state index is -5.62. The molecule has 0 fully saturated rings. The third-order valence-electron chi connectivity index (χ3n) is 1.53. The lowest BCUT2D eigenvalue weighted by molar-refractivity contribution is -0.300. The second-order valence-corrected chi connectivity index (χ2v) is 2.86. The SMILES string of the molecule is Nc1cncnc1OC(C(F)(F)F)C(F)(F)F. The van der Waals surface area contributed by atoms with E-state index in [4.69, 9.17) is 5.73 Å². The van der Waals surface area contributed by atoms with Crippen LogP contribution in [0.1, 0.15) is 0 Å². The Kier molecular flexibility index (Phi) is 3.34. The Bertz CT molecular complexity index is 376. The molecule has 0 aliphatic heterocycles. The Morgan fingerprint density at radius 2 is 1.65 bits per heavy atom. The van der Waals surface area contributed by atoms with Crippen LogP contribution >= 0.6 is 0 Å². The topological polar surface area (TPSA) is 61.0 Å². The van der Waals surface area contributed by atoms with Crippen LogP contribution in [-0.4, -0.2) is 28.4 Å². The van der Waals surface area contributed by atoms with Crippen LogP contribution in [0, 0.1) is 0 Å². The smallest absolute Gasteiger partial charge is 0.434 e. The number of hydrogen-bond acceptors (Lipinski definition) is 4. The van der Waals surface area contributed by atoms with E-state index in [1.165, 1.54) is 0 Å². The van der Waals surface area contributed by atoms with E-state index in [9.17, 15) is 26.3 Å². The van der Waals surface area contributed by atoms with Crippen molar-refractivity contribution in [1.29, 1.82) is 0 Å². The van der Waals surface area contributed by atoms with Crippen molar-refractivity contribution >= 4 is 5.69 Å². The second-order valence-electron chi connectivity index (χ2n) is 2.86. The summed E-state index contributed by atoms with van der Waals surface area (Å²) in [6.07, 6.45) is -13.7. The maximum atomic E-state index is 12.1. The standard InChI is InChI=1S/C7H5F6N3O/c8-6(9,10)5(7(11,12)13)17-4-3(14)1-15-2-16-4/h1-2,5H,14H2. The lowest BCUT2D eigenvalue weighted by Crippen LogP contribution is -2.46. The van der Waals surface area contributed by atoms with Gasteiger partial charge in [-0.15, -0.1) is 0 Å². The molecule has 17 heavy (non-hydrogen) atoms. The predicted molar refractivity (Wildman–Crippen MR) is 43.0 cm³/mol. The van der Waals surface area contributed by atoms with E-state index in [2.05, 4.69) is 14.7 Å². The van der Waals surface area contributed by atoms with Gasteiger partial charge in [0.1, 0.15) is 12.0 Å². The Morgan fingerprint density at radius 3 is 2.06 bits per heavy atom. The van der Waals surface area contributed by atoms with Gasteiger partial charge in [-0.05, 0) is 0 Å². The first-order valence-corrected chi connectivity index (χ1v) is 3.98. The van der Waals surface area contributed by atoms with E-state index >= 15 is 0 Å². The number of anilines is 1. The Balaban J connectivity index is 3.00. The minimum Gasteiger partial charge on any atom is -0.453 e. The monoisotopic (exact) mass is 261 g/mol. The summed E-state index contributed by atoms with van der Waals surface area (Å²) in [5, 5.41) is 0. The third-order valence-corrected chi connectivity index (χ3v) is 1.53. The number of alkyl halides is 6. The Labute approximate surface area is 90.4 Å². The number of halogens is 6. The van der Waals surface area contributed by atoms with Crippen molar-refractivity contribution in [3.05, 3.63) is 12.5 Å². The van der Waals surface area contributed by atoms with E-state index in [1.807, 2.05) is 0 Å². The number of nitrogens with two attached hydrogens (primary N) is 1. The van der Waals surface area contributed by atoms with Gasteiger partial charge >= 0.3 is 12.4 Å². The van der Waals surface area contributed by atoms with Crippen LogP contribution in [0.5, 0.6) is 5.88 Å². The van der Waals surface area contributed by atoms with Crippen molar-refractivity contribution in [2.75, 3.05) is 5.73 Å². The number of nitrogens with zero attached hydrogens (tertiary/aromatic N) is 2. The molecule has 0 bridgehead atoms. The molecule has 0 unspecified atom stereocenters. The zero-order valence-electron chi connectivity index (χ0n) is 7.88. The van der Waals surface area contributed by atoms with Gasteiger partial charge in [0.25, 0.3) is 6.10 Å². The lowest BCUT2D eigenvalue weighted by Gasteiger charge is -2.23. The Morgan fingerprint density at radius 1 is 1.12 bits per heavy atom. The normalized spacial score (nSPS) is 12.9. The van der Waals surface area contributed by atoms with Crippen molar-refractivity contribution in [2.24, 2.45) is 0 Å². The summed E-state index contributed by atoms with van der Waals surface area (Å²) < 4.78 is 76.4. The van der Waals surface area contributed by atoms with Gasteiger partial charge < -0.3 is 10.5 Å². The molecule has 1 aromatic rings. The highest BCUT2D eigenvalue weighted by Crippen LogP contribution is 2.36. The fourth-order valence-electron chi connectivity index (χ4n) is 0.858. The van der Waals surface area contributed by atoms with Gasteiger partial charge in [0.2, 0.25) is 5.88 Å². The molecular formula is C7H5F6N3O. The van der Waals surface area contributed by atoms with Gasteiger partial charge in [-0.1, -0.05) is 0 Å². The number of aromatic nitrogens is 2. The number of ether oxygens (including phenoxy) is 1. The quantitative estimate of drug-likeness (QED) is 0.826. The molecule has 1 heterocycles. The summed E-state index contributed by atoms with van der Waals surface area (Å²) in [5.41, 5.74) is 4.55. The van der Waals surface area contributed by atoms with Crippen LogP contribution in [-0.2, 0) is 0 Å². The van der Waals surface area contributed by atoms with E-state index in [0.717, 1.165) is 12.5 Å². The summed E-state index contributed by atoms with van der Waals surface area (Å²) in [6.45, 7) is 0. The van der Waals surface area contributed by atoms with Crippen LogP contribution in [0.4, 0.5) is 32.0 Å². The number of hydrogen-bond donors (Lipinski definition) is 1. The van der Waals surface area contributed by atoms with Crippen molar-refractivity contribution in [3.63, 3.8) is 0 Å². The van der Waals surface area contributed by atoms with Crippen LogP contribution < -0.4 is 10.5 Å². The molecule has 0 amide bonds. The molecule has 10 heteroatoms. The largest absolute Gasteiger partial charge is 0.453 e. The summed E-state index contributed by atoms with van der Waals surface area (Å²) in [6, 6.07) is 0. The highest BCUT2D eigenvalue weighted by atomic mass is 19.4. The summed E-state index contributed by atoms with van der Waals surface area (Å²) in [7, 11) is 0. The zero-order chi connectivity index (χ0) is 13.3. The van der Waals surface area contributed by atoms with Crippen LogP contribution in [0.25, 0.3) is 0 Å². The van der Waals surface area contributed by atoms with Crippen molar-refractivity contribution in [1.82, 2.24) is 9.97 Å². The molecular weight excluding hydrogens is 256 g/mol. The Hall–Kier alpha value is -1.74. The van der Waals surface area contributed by atoms with E-state index in [-0.39, 0.29) is 0 Å². The highest BCUT2D eigenvalue weighted by Gasteiger charge is 2.59. The molecule has 0 aliphatic carbocycles. The molecule has 0 spiro atoms. The summed E-state index contributed by atoms with van der Waals surface area (Å²) >= 11 is 0. The predicted octanol–water partition coefficient (Wildman–Crippen LogP) is 1.93. The van der Waals surface area contributed by atoms with E-state index < -0.39 is 30.0 Å². The molecule has 1 aromatic heterocycles.